The minimum absolute atomic E-state index is 0.212. The topological polar surface area (TPSA) is 21.3 Å². The molecule has 1 atom stereocenters. The maximum atomic E-state index is 5.87. The molecule has 0 aliphatic heterocycles. The molecule has 1 rings (SSSR count). The fourth-order valence-corrected chi connectivity index (χ4v) is 2.18. The van der Waals surface area contributed by atoms with Crippen molar-refractivity contribution in [3.05, 3.63) is 35.9 Å². The predicted molar refractivity (Wildman–Crippen MR) is 87.0 cm³/mol. The first-order valence-corrected chi connectivity index (χ1v) is 8.07. The fraction of sp³-hybridized carbons (Fsp3) is 0.667. The maximum absolute atomic E-state index is 5.87. The first-order chi connectivity index (χ1) is 9.70. The lowest BCUT2D eigenvalue weighted by Gasteiger charge is -2.13. The van der Waals surface area contributed by atoms with E-state index in [1.54, 1.807) is 0 Å². The minimum atomic E-state index is 0.212. The lowest BCUT2D eigenvalue weighted by molar-refractivity contribution is 0.0627. The van der Waals surface area contributed by atoms with Crippen LogP contribution in [0.15, 0.2) is 30.3 Å². The van der Waals surface area contributed by atoms with Crippen molar-refractivity contribution in [2.75, 3.05) is 19.7 Å². The van der Waals surface area contributed by atoms with Crippen molar-refractivity contribution >= 4 is 0 Å². The summed E-state index contributed by atoms with van der Waals surface area (Å²) in [5, 5.41) is 3.48. The zero-order valence-electron chi connectivity index (χ0n) is 13.4. The zero-order chi connectivity index (χ0) is 14.6. The highest BCUT2D eigenvalue weighted by Crippen LogP contribution is 2.16. The van der Waals surface area contributed by atoms with Gasteiger partial charge in [0.05, 0.1) is 6.10 Å². The number of nitrogens with one attached hydrogen (secondary N) is 1. The molecule has 0 aromatic heterocycles. The summed E-state index contributed by atoms with van der Waals surface area (Å²) >= 11 is 0. The number of ether oxygens (including phenoxy) is 1. The average molecular weight is 277 g/mol. The van der Waals surface area contributed by atoms with Crippen LogP contribution in [0.5, 0.6) is 0 Å². The molecule has 0 saturated heterocycles. The quantitative estimate of drug-likeness (QED) is 0.598. The van der Waals surface area contributed by atoms with E-state index in [4.69, 9.17) is 4.74 Å². The molecule has 0 radical (unpaired) electrons. The smallest absolute Gasteiger partial charge is 0.0796 e. The highest BCUT2D eigenvalue weighted by molar-refractivity contribution is 5.16. The minimum Gasteiger partial charge on any atom is -0.374 e. The summed E-state index contributed by atoms with van der Waals surface area (Å²) < 4.78 is 5.87. The monoisotopic (exact) mass is 277 g/mol. The number of hydrogen-bond acceptors (Lipinski definition) is 2. The lowest BCUT2D eigenvalue weighted by Crippen LogP contribution is -2.20. The number of rotatable bonds is 11. The largest absolute Gasteiger partial charge is 0.374 e. The fourth-order valence-electron chi connectivity index (χ4n) is 2.18. The van der Waals surface area contributed by atoms with Gasteiger partial charge in [-0.15, -0.1) is 0 Å². The molecule has 1 unspecified atom stereocenters. The second kappa shape index (κ2) is 10.9. The number of hydrogen-bond donors (Lipinski definition) is 1. The Morgan fingerprint density at radius 3 is 2.35 bits per heavy atom. The van der Waals surface area contributed by atoms with Gasteiger partial charge < -0.3 is 10.1 Å². The molecule has 114 valence electrons. The molecule has 20 heavy (non-hydrogen) atoms. The molecule has 0 aliphatic rings. The van der Waals surface area contributed by atoms with Crippen LogP contribution in [-0.2, 0) is 4.74 Å². The van der Waals surface area contributed by atoms with Gasteiger partial charge in [-0.05, 0) is 44.3 Å². The highest BCUT2D eigenvalue weighted by atomic mass is 16.5. The number of benzene rings is 1. The molecular formula is C18H31NO. The summed E-state index contributed by atoms with van der Waals surface area (Å²) in [7, 11) is 0. The van der Waals surface area contributed by atoms with Crippen molar-refractivity contribution in [1.29, 1.82) is 0 Å². The molecular weight excluding hydrogens is 246 g/mol. The predicted octanol–water partition coefficient (Wildman–Crippen LogP) is 4.57. The van der Waals surface area contributed by atoms with Crippen LogP contribution in [0.3, 0.4) is 0 Å². The summed E-state index contributed by atoms with van der Waals surface area (Å²) in [6, 6.07) is 10.4. The molecule has 2 nitrogen and oxygen atoms in total. The Kier molecular flexibility index (Phi) is 9.35. The Bertz CT molecular complexity index is 323. The lowest BCUT2D eigenvalue weighted by atomic mass is 10.1. The molecule has 0 heterocycles. The first-order valence-electron chi connectivity index (χ1n) is 8.07. The van der Waals surface area contributed by atoms with Crippen LogP contribution in [0, 0.1) is 5.92 Å². The Balaban J connectivity index is 1.92. The van der Waals surface area contributed by atoms with E-state index in [-0.39, 0.29) is 6.10 Å². The van der Waals surface area contributed by atoms with E-state index in [1.807, 2.05) is 6.07 Å². The van der Waals surface area contributed by atoms with Gasteiger partial charge in [0.15, 0.2) is 0 Å². The van der Waals surface area contributed by atoms with Crippen molar-refractivity contribution in [1.82, 2.24) is 5.32 Å². The van der Waals surface area contributed by atoms with Gasteiger partial charge in [0.2, 0.25) is 0 Å². The van der Waals surface area contributed by atoms with Crippen LogP contribution in [0.1, 0.15) is 58.1 Å². The van der Waals surface area contributed by atoms with Gasteiger partial charge in [-0.3, -0.25) is 0 Å². The van der Waals surface area contributed by atoms with Crippen LogP contribution < -0.4 is 5.32 Å². The summed E-state index contributed by atoms with van der Waals surface area (Å²) in [6.07, 6.45) is 5.23. The van der Waals surface area contributed by atoms with Crippen molar-refractivity contribution < 1.29 is 4.74 Å². The van der Waals surface area contributed by atoms with Crippen LogP contribution in [0.2, 0.25) is 0 Å². The van der Waals surface area contributed by atoms with Crippen LogP contribution in [0.4, 0.5) is 0 Å². The molecule has 2 heteroatoms. The summed E-state index contributed by atoms with van der Waals surface area (Å²) in [5.41, 5.74) is 1.27. The van der Waals surface area contributed by atoms with Gasteiger partial charge in [-0.25, -0.2) is 0 Å². The van der Waals surface area contributed by atoms with Crippen molar-refractivity contribution in [3.63, 3.8) is 0 Å². The molecule has 0 bridgehead atoms. The van der Waals surface area contributed by atoms with Gasteiger partial charge in [-0.1, -0.05) is 57.0 Å². The van der Waals surface area contributed by atoms with Crippen molar-refractivity contribution in [2.45, 2.75) is 52.6 Å². The van der Waals surface area contributed by atoms with Gasteiger partial charge >= 0.3 is 0 Å². The second-order valence-electron chi connectivity index (χ2n) is 5.94. The summed E-state index contributed by atoms with van der Waals surface area (Å²) in [5.74, 6) is 0.753. The molecule has 0 fully saturated rings. The summed E-state index contributed by atoms with van der Waals surface area (Å²) in [4.78, 5) is 0. The van der Waals surface area contributed by atoms with E-state index in [0.29, 0.717) is 0 Å². The highest BCUT2D eigenvalue weighted by Gasteiger charge is 2.03. The average Bonchev–Trinajstić information content (AvgIpc) is 2.46. The normalized spacial score (nSPS) is 12.8. The van der Waals surface area contributed by atoms with Gasteiger partial charge in [-0.2, -0.15) is 0 Å². The van der Waals surface area contributed by atoms with Crippen LogP contribution >= 0.6 is 0 Å². The van der Waals surface area contributed by atoms with E-state index < -0.39 is 0 Å². The molecule has 1 aromatic rings. The zero-order valence-corrected chi connectivity index (χ0v) is 13.4. The van der Waals surface area contributed by atoms with E-state index in [1.165, 1.54) is 31.2 Å². The third kappa shape index (κ3) is 8.34. The molecule has 0 amide bonds. The van der Waals surface area contributed by atoms with E-state index in [0.717, 1.165) is 25.6 Å². The Hall–Kier alpha value is -0.860. The van der Waals surface area contributed by atoms with Crippen molar-refractivity contribution in [3.8, 4) is 0 Å². The van der Waals surface area contributed by atoms with E-state index >= 15 is 0 Å². The van der Waals surface area contributed by atoms with E-state index in [9.17, 15) is 0 Å². The first kappa shape index (κ1) is 17.2. The van der Waals surface area contributed by atoms with Gasteiger partial charge in [0, 0.05) is 6.61 Å². The van der Waals surface area contributed by atoms with Gasteiger partial charge in [0.1, 0.15) is 0 Å². The number of unbranched alkanes of at least 4 members (excludes halogenated alkanes) is 3. The molecule has 1 aromatic carbocycles. The third-order valence-electron chi connectivity index (χ3n) is 3.44. The van der Waals surface area contributed by atoms with Gasteiger partial charge in [0.25, 0.3) is 0 Å². The Labute approximate surface area is 124 Å². The van der Waals surface area contributed by atoms with Crippen LogP contribution in [-0.4, -0.2) is 19.7 Å². The molecule has 1 N–H and O–H groups in total. The maximum Gasteiger partial charge on any atom is 0.0796 e. The summed E-state index contributed by atoms with van der Waals surface area (Å²) in [6.45, 7) is 9.79. The Morgan fingerprint density at radius 1 is 0.950 bits per heavy atom. The second-order valence-corrected chi connectivity index (χ2v) is 5.94. The molecule has 0 saturated carbocycles. The van der Waals surface area contributed by atoms with Crippen molar-refractivity contribution in [2.24, 2.45) is 5.92 Å². The Morgan fingerprint density at radius 2 is 1.65 bits per heavy atom. The van der Waals surface area contributed by atoms with E-state index in [2.05, 4.69) is 50.4 Å². The molecule has 0 aliphatic carbocycles. The SMILES string of the molecule is CC(C)CNCCCCCCOC(C)c1ccccc1. The van der Waals surface area contributed by atoms with Crippen LogP contribution in [0.25, 0.3) is 0 Å². The third-order valence-corrected chi connectivity index (χ3v) is 3.44. The standard InChI is InChI=1S/C18H31NO/c1-16(2)15-19-13-9-4-5-10-14-20-17(3)18-11-7-6-8-12-18/h6-8,11-12,16-17,19H,4-5,9-10,13-15H2,1-3H3. The molecule has 0 spiro atoms.